The van der Waals surface area contributed by atoms with Crippen LogP contribution in [0.2, 0.25) is 0 Å². The Bertz CT molecular complexity index is 252. The first kappa shape index (κ1) is 7.81. The topological polar surface area (TPSA) is 58.3 Å². The molecule has 0 radical (unpaired) electrons. The van der Waals surface area contributed by atoms with E-state index in [2.05, 4.69) is 17.5 Å². The van der Waals surface area contributed by atoms with Crippen LogP contribution >= 0.6 is 12.2 Å². The third-order valence-electron chi connectivity index (χ3n) is 1.18. The van der Waals surface area contributed by atoms with Crippen molar-refractivity contribution in [1.29, 1.82) is 0 Å². The normalized spacial score (nSPS) is 13.6. The first-order valence-electron chi connectivity index (χ1n) is 3.04. The second-order valence-corrected chi connectivity index (χ2v) is 2.45. The zero-order valence-corrected chi connectivity index (χ0v) is 6.56. The number of hydrogen-bond donors (Lipinski definition) is 3. The monoisotopic (exact) mass is 168 g/mol. The molecule has 1 rings (SSSR count). The maximum atomic E-state index is 9.22. The van der Waals surface area contributed by atoms with Gasteiger partial charge in [-0.2, -0.15) is 0 Å². The SMILES string of the molecule is NC(=S)NC(O)=C1C=CC=C1. The molecule has 0 aromatic rings. The van der Waals surface area contributed by atoms with Gasteiger partial charge in [-0.25, -0.2) is 0 Å². The zero-order chi connectivity index (χ0) is 8.27. The van der Waals surface area contributed by atoms with E-state index < -0.39 is 0 Å². The highest BCUT2D eigenvalue weighted by Gasteiger charge is 2.01. The maximum Gasteiger partial charge on any atom is 0.197 e. The number of nitrogens with two attached hydrogens (primary N) is 1. The molecule has 0 saturated carbocycles. The number of rotatable bonds is 1. The standard InChI is InChI=1S/C7H8N2OS/c8-7(11)9-6(10)5-3-1-2-4-5/h1-4,10H,(H3,8,9,11). The van der Waals surface area contributed by atoms with Gasteiger partial charge in [-0.1, -0.05) is 12.2 Å². The lowest BCUT2D eigenvalue weighted by Gasteiger charge is -2.02. The van der Waals surface area contributed by atoms with Crippen molar-refractivity contribution in [3.63, 3.8) is 0 Å². The van der Waals surface area contributed by atoms with Crippen LogP contribution < -0.4 is 11.1 Å². The lowest BCUT2D eigenvalue weighted by atomic mass is 10.3. The maximum absolute atomic E-state index is 9.22. The van der Waals surface area contributed by atoms with Crippen LogP contribution in [0.3, 0.4) is 0 Å². The summed E-state index contributed by atoms with van der Waals surface area (Å²) in [6.07, 6.45) is 7.13. The molecule has 1 aliphatic rings. The summed E-state index contributed by atoms with van der Waals surface area (Å²) in [5, 5.41) is 11.7. The van der Waals surface area contributed by atoms with E-state index in [4.69, 9.17) is 5.73 Å². The van der Waals surface area contributed by atoms with Crippen molar-refractivity contribution in [2.45, 2.75) is 0 Å². The number of thiocarbonyl (C=S) groups is 1. The van der Waals surface area contributed by atoms with Gasteiger partial charge in [0.1, 0.15) is 0 Å². The molecule has 0 fully saturated rings. The van der Waals surface area contributed by atoms with E-state index in [-0.39, 0.29) is 11.0 Å². The zero-order valence-electron chi connectivity index (χ0n) is 5.74. The van der Waals surface area contributed by atoms with Crippen molar-refractivity contribution in [3.8, 4) is 0 Å². The van der Waals surface area contributed by atoms with Crippen molar-refractivity contribution in [1.82, 2.24) is 5.32 Å². The Morgan fingerprint density at radius 1 is 1.45 bits per heavy atom. The van der Waals surface area contributed by atoms with Crippen molar-refractivity contribution < 1.29 is 5.11 Å². The molecular formula is C7H8N2OS. The van der Waals surface area contributed by atoms with Gasteiger partial charge in [0.2, 0.25) is 0 Å². The third-order valence-corrected chi connectivity index (χ3v) is 1.28. The summed E-state index contributed by atoms with van der Waals surface area (Å²) in [5.41, 5.74) is 5.82. The predicted molar refractivity (Wildman–Crippen MR) is 47.9 cm³/mol. The fraction of sp³-hybridized carbons (Fsp3) is 0. The summed E-state index contributed by atoms with van der Waals surface area (Å²) in [4.78, 5) is 0. The molecule has 58 valence electrons. The Hall–Kier alpha value is -1.29. The van der Waals surface area contributed by atoms with E-state index in [1.807, 2.05) is 12.2 Å². The molecule has 0 aliphatic heterocycles. The number of allylic oxidation sites excluding steroid dienone is 5. The highest BCUT2D eigenvalue weighted by Crippen LogP contribution is 2.08. The van der Waals surface area contributed by atoms with Crippen LogP contribution in [0.5, 0.6) is 0 Å². The molecule has 1 aliphatic carbocycles. The molecule has 0 spiro atoms. The highest BCUT2D eigenvalue weighted by atomic mass is 32.1. The summed E-state index contributed by atoms with van der Waals surface area (Å²) in [5.74, 6) is -0.0116. The Morgan fingerprint density at radius 3 is 2.45 bits per heavy atom. The third kappa shape index (κ3) is 2.09. The Kier molecular flexibility index (Phi) is 2.28. The van der Waals surface area contributed by atoms with Crippen LogP contribution in [-0.2, 0) is 0 Å². The number of aliphatic hydroxyl groups excluding tert-OH is 1. The molecule has 0 heterocycles. The first-order valence-corrected chi connectivity index (χ1v) is 3.45. The molecule has 0 aromatic carbocycles. The van der Waals surface area contributed by atoms with E-state index in [9.17, 15) is 5.11 Å². The van der Waals surface area contributed by atoms with Crippen molar-refractivity contribution in [2.24, 2.45) is 5.73 Å². The fourth-order valence-electron chi connectivity index (χ4n) is 0.721. The molecule has 0 saturated heterocycles. The quantitative estimate of drug-likeness (QED) is 0.399. The van der Waals surface area contributed by atoms with E-state index in [1.165, 1.54) is 0 Å². The molecule has 0 unspecified atom stereocenters. The Labute approximate surface area is 69.9 Å². The van der Waals surface area contributed by atoms with Crippen LogP contribution in [0, 0.1) is 0 Å². The minimum Gasteiger partial charge on any atom is -0.494 e. The van der Waals surface area contributed by atoms with Gasteiger partial charge < -0.3 is 16.2 Å². The average molecular weight is 168 g/mol. The first-order chi connectivity index (χ1) is 5.20. The molecule has 0 atom stereocenters. The van der Waals surface area contributed by atoms with Crippen LogP contribution in [0.15, 0.2) is 35.8 Å². The van der Waals surface area contributed by atoms with Crippen LogP contribution in [0.25, 0.3) is 0 Å². The second kappa shape index (κ2) is 3.21. The minimum atomic E-state index is -0.0116. The average Bonchev–Trinajstić information content (AvgIpc) is 2.35. The minimum absolute atomic E-state index is 0.0116. The van der Waals surface area contributed by atoms with Crippen molar-refractivity contribution in [3.05, 3.63) is 35.8 Å². The van der Waals surface area contributed by atoms with Gasteiger partial charge in [0.05, 0.1) is 0 Å². The van der Waals surface area contributed by atoms with Gasteiger partial charge in [-0.05, 0) is 24.4 Å². The largest absolute Gasteiger partial charge is 0.494 e. The lowest BCUT2D eigenvalue weighted by molar-refractivity contribution is 0.385. The molecule has 0 amide bonds. The number of nitrogens with one attached hydrogen (secondary N) is 1. The van der Waals surface area contributed by atoms with Crippen LogP contribution in [0.4, 0.5) is 0 Å². The van der Waals surface area contributed by atoms with Gasteiger partial charge >= 0.3 is 0 Å². The van der Waals surface area contributed by atoms with Gasteiger partial charge in [-0.3, -0.25) is 0 Å². The fourth-order valence-corrected chi connectivity index (χ4v) is 0.817. The smallest absolute Gasteiger partial charge is 0.197 e. The van der Waals surface area contributed by atoms with E-state index in [0.29, 0.717) is 5.57 Å². The van der Waals surface area contributed by atoms with Gasteiger partial charge in [0.25, 0.3) is 0 Å². The summed E-state index contributed by atoms with van der Waals surface area (Å²) in [7, 11) is 0. The molecule has 4 heteroatoms. The van der Waals surface area contributed by atoms with Crippen molar-refractivity contribution >= 4 is 17.3 Å². The molecule has 11 heavy (non-hydrogen) atoms. The molecule has 0 bridgehead atoms. The summed E-state index contributed by atoms with van der Waals surface area (Å²) >= 11 is 4.53. The van der Waals surface area contributed by atoms with E-state index in [0.717, 1.165) is 0 Å². The Morgan fingerprint density at radius 2 is 2.00 bits per heavy atom. The van der Waals surface area contributed by atoms with Crippen molar-refractivity contribution in [2.75, 3.05) is 0 Å². The molecule has 3 nitrogen and oxygen atoms in total. The molecule has 4 N–H and O–H groups in total. The number of hydrogen-bond acceptors (Lipinski definition) is 2. The van der Waals surface area contributed by atoms with Gasteiger partial charge in [0.15, 0.2) is 11.0 Å². The van der Waals surface area contributed by atoms with Crippen LogP contribution in [-0.4, -0.2) is 10.2 Å². The molecule has 0 aromatic heterocycles. The Balaban J connectivity index is 2.71. The second-order valence-electron chi connectivity index (χ2n) is 2.01. The van der Waals surface area contributed by atoms with Crippen LogP contribution in [0.1, 0.15) is 0 Å². The summed E-state index contributed by atoms with van der Waals surface area (Å²) in [6.45, 7) is 0. The van der Waals surface area contributed by atoms with Gasteiger partial charge in [-0.15, -0.1) is 0 Å². The van der Waals surface area contributed by atoms with E-state index in [1.54, 1.807) is 12.2 Å². The summed E-state index contributed by atoms with van der Waals surface area (Å²) in [6, 6.07) is 0. The molecular weight excluding hydrogens is 160 g/mol. The summed E-state index contributed by atoms with van der Waals surface area (Å²) < 4.78 is 0. The highest BCUT2D eigenvalue weighted by molar-refractivity contribution is 7.80. The van der Waals surface area contributed by atoms with Gasteiger partial charge in [0, 0.05) is 5.57 Å². The van der Waals surface area contributed by atoms with E-state index >= 15 is 0 Å². The predicted octanol–water partition coefficient (Wildman–Crippen LogP) is 0.715. The number of aliphatic hydroxyl groups is 1. The lowest BCUT2D eigenvalue weighted by Crippen LogP contribution is -2.28.